The average molecular weight is 361 g/mol. The maximum Gasteiger partial charge on any atom is 0.191 e. The summed E-state index contributed by atoms with van der Waals surface area (Å²) < 4.78 is 5.62. The zero-order valence-electron chi connectivity index (χ0n) is 16.9. The van der Waals surface area contributed by atoms with E-state index in [1.807, 2.05) is 7.05 Å². The Morgan fingerprint density at radius 3 is 2.69 bits per heavy atom. The van der Waals surface area contributed by atoms with Crippen molar-refractivity contribution in [1.82, 2.24) is 10.6 Å². The zero-order chi connectivity index (χ0) is 18.8. The number of nitrogens with zero attached hydrogens (tertiary/aromatic N) is 2. The van der Waals surface area contributed by atoms with Gasteiger partial charge in [0.15, 0.2) is 5.96 Å². The van der Waals surface area contributed by atoms with Crippen molar-refractivity contribution in [3.8, 4) is 0 Å². The molecular formula is C21H36N4O. The average Bonchev–Trinajstić information content (AvgIpc) is 3.18. The maximum absolute atomic E-state index is 5.62. The monoisotopic (exact) mass is 360 g/mol. The predicted molar refractivity (Wildman–Crippen MR) is 111 cm³/mol. The van der Waals surface area contributed by atoms with Crippen molar-refractivity contribution >= 4 is 11.6 Å². The first-order valence-corrected chi connectivity index (χ1v) is 10.00. The molecule has 1 atom stereocenters. The summed E-state index contributed by atoms with van der Waals surface area (Å²) in [7, 11) is 1.82. The third-order valence-corrected chi connectivity index (χ3v) is 4.63. The van der Waals surface area contributed by atoms with Gasteiger partial charge in [0.05, 0.1) is 6.04 Å². The van der Waals surface area contributed by atoms with E-state index in [0.29, 0.717) is 5.92 Å². The molecule has 5 nitrogen and oxygen atoms in total. The number of ether oxygens (including phenoxy) is 1. The molecule has 1 saturated heterocycles. The predicted octanol–water partition coefficient (Wildman–Crippen LogP) is 3.58. The summed E-state index contributed by atoms with van der Waals surface area (Å²) in [6.07, 6.45) is 3.58. The Balaban J connectivity index is 1.77. The highest BCUT2D eigenvalue weighted by Crippen LogP contribution is 2.23. The highest BCUT2D eigenvalue weighted by Gasteiger charge is 2.14. The lowest BCUT2D eigenvalue weighted by Crippen LogP contribution is -2.39. The quantitative estimate of drug-likeness (QED) is 0.401. The van der Waals surface area contributed by atoms with E-state index in [1.165, 1.54) is 37.2 Å². The Morgan fingerprint density at radius 2 is 2.00 bits per heavy atom. The Morgan fingerprint density at radius 1 is 1.23 bits per heavy atom. The third kappa shape index (κ3) is 6.87. The Hall–Kier alpha value is -1.75. The van der Waals surface area contributed by atoms with E-state index in [1.54, 1.807) is 0 Å². The summed E-state index contributed by atoms with van der Waals surface area (Å²) in [5.41, 5.74) is 2.62. The molecule has 1 aromatic carbocycles. The lowest BCUT2D eigenvalue weighted by molar-refractivity contribution is 0.108. The van der Waals surface area contributed by atoms with E-state index in [0.717, 1.165) is 32.1 Å². The molecule has 1 unspecified atom stereocenters. The molecule has 0 radical (unpaired) electrons. The molecule has 0 saturated carbocycles. The molecular weight excluding hydrogens is 324 g/mol. The van der Waals surface area contributed by atoms with Crippen molar-refractivity contribution in [3.05, 3.63) is 29.8 Å². The minimum absolute atomic E-state index is 0.209. The number of aliphatic imine (C=N–C) groups is 1. The lowest BCUT2D eigenvalue weighted by Gasteiger charge is -2.22. The number of rotatable bonds is 9. The van der Waals surface area contributed by atoms with Crippen LogP contribution >= 0.6 is 0 Å². The van der Waals surface area contributed by atoms with E-state index in [2.05, 4.69) is 65.6 Å². The molecule has 1 aliphatic rings. The number of hydrogen-bond donors (Lipinski definition) is 2. The Bertz CT molecular complexity index is 553. The molecule has 0 aromatic heterocycles. The molecule has 146 valence electrons. The van der Waals surface area contributed by atoms with Gasteiger partial charge in [-0.05, 0) is 49.8 Å². The van der Waals surface area contributed by atoms with Crippen molar-refractivity contribution in [3.63, 3.8) is 0 Å². The van der Waals surface area contributed by atoms with Gasteiger partial charge in [-0.3, -0.25) is 4.99 Å². The standard InChI is InChI=1S/C21H36N4O/c1-17(2)16-26-14-8-11-23-21(22-4)24-18(3)19-9-7-10-20(15-19)25-12-5-6-13-25/h7,9-10,15,17-18H,5-6,8,11-14,16H2,1-4H3,(H2,22,23,24). The second-order valence-electron chi connectivity index (χ2n) is 7.48. The fourth-order valence-corrected chi connectivity index (χ4v) is 3.15. The molecule has 0 bridgehead atoms. The van der Waals surface area contributed by atoms with Gasteiger partial charge in [0.1, 0.15) is 0 Å². The summed E-state index contributed by atoms with van der Waals surface area (Å²) in [5, 5.41) is 6.87. The van der Waals surface area contributed by atoms with Crippen molar-refractivity contribution < 1.29 is 4.74 Å². The first kappa shape index (κ1) is 20.6. The van der Waals surface area contributed by atoms with Crippen molar-refractivity contribution in [2.45, 2.75) is 46.1 Å². The molecule has 1 aliphatic heterocycles. The van der Waals surface area contributed by atoms with Gasteiger partial charge in [-0.25, -0.2) is 0 Å². The third-order valence-electron chi connectivity index (χ3n) is 4.63. The highest BCUT2D eigenvalue weighted by atomic mass is 16.5. The van der Waals surface area contributed by atoms with Crippen LogP contribution in [0.25, 0.3) is 0 Å². The van der Waals surface area contributed by atoms with Gasteiger partial charge in [-0.2, -0.15) is 0 Å². The molecule has 0 amide bonds. The Labute approximate surface area is 159 Å². The van der Waals surface area contributed by atoms with Gasteiger partial charge >= 0.3 is 0 Å². The smallest absolute Gasteiger partial charge is 0.191 e. The van der Waals surface area contributed by atoms with Crippen LogP contribution in [0.2, 0.25) is 0 Å². The minimum Gasteiger partial charge on any atom is -0.381 e. The van der Waals surface area contributed by atoms with Crippen LogP contribution in [0.3, 0.4) is 0 Å². The summed E-state index contributed by atoms with van der Waals surface area (Å²) >= 11 is 0. The summed E-state index contributed by atoms with van der Waals surface area (Å²) in [6.45, 7) is 11.3. The van der Waals surface area contributed by atoms with Gasteiger partial charge in [0.2, 0.25) is 0 Å². The number of benzene rings is 1. The van der Waals surface area contributed by atoms with E-state index < -0.39 is 0 Å². The van der Waals surface area contributed by atoms with E-state index in [-0.39, 0.29) is 6.04 Å². The van der Waals surface area contributed by atoms with Gasteiger partial charge < -0.3 is 20.3 Å². The summed E-state index contributed by atoms with van der Waals surface area (Å²) in [5.74, 6) is 1.43. The molecule has 0 aliphatic carbocycles. The van der Waals surface area contributed by atoms with Crippen molar-refractivity contribution in [2.75, 3.05) is 44.8 Å². The van der Waals surface area contributed by atoms with E-state index in [4.69, 9.17) is 4.74 Å². The summed E-state index contributed by atoms with van der Waals surface area (Å²) in [4.78, 5) is 6.82. The lowest BCUT2D eigenvalue weighted by atomic mass is 10.1. The highest BCUT2D eigenvalue weighted by molar-refractivity contribution is 5.80. The van der Waals surface area contributed by atoms with Crippen LogP contribution in [0.5, 0.6) is 0 Å². The largest absolute Gasteiger partial charge is 0.381 e. The Kier molecular flexibility index (Phi) is 8.75. The van der Waals surface area contributed by atoms with Crippen LogP contribution in [0.1, 0.15) is 51.6 Å². The van der Waals surface area contributed by atoms with Crippen molar-refractivity contribution in [1.29, 1.82) is 0 Å². The molecule has 1 heterocycles. The maximum atomic E-state index is 5.62. The number of guanidine groups is 1. The molecule has 1 fully saturated rings. The fourth-order valence-electron chi connectivity index (χ4n) is 3.15. The van der Waals surface area contributed by atoms with Crippen LogP contribution in [0.4, 0.5) is 5.69 Å². The van der Waals surface area contributed by atoms with Gasteiger partial charge in [0.25, 0.3) is 0 Å². The van der Waals surface area contributed by atoms with Crippen LogP contribution in [0.15, 0.2) is 29.3 Å². The summed E-state index contributed by atoms with van der Waals surface area (Å²) in [6, 6.07) is 9.07. The fraction of sp³-hybridized carbons (Fsp3) is 0.667. The molecule has 2 rings (SSSR count). The first-order valence-electron chi connectivity index (χ1n) is 10.00. The molecule has 1 aromatic rings. The van der Waals surface area contributed by atoms with Gasteiger partial charge in [-0.1, -0.05) is 26.0 Å². The first-order chi connectivity index (χ1) is 12.6. The second kappa shape index (κ2) is 11.1. The van der Waals surface area contributed by atoms with Gasteiger partial charge in [0, 0.05) is 45.6 Å². The number of nitrogens with one attached hydrogen (secondary N) is 2. The molecule has 0 spiro atoms. The van der Waals surface area contributed by atoms with E-state index in [9.17, 15) is 0 Å². The van der Waals surface area contributed by atoms with Crippen LogP contribution in [-0.4, -0.2) is 45.9 Å². The zero-order valence-corrected chi connectivity index (χ0v) is 16.9. The van der Waals surface area contributed by atoms with Gasteiger partial charge in [-0.15, -0.1) is 0 Å². The second-order valence-corrected chi connectivity index (χ2v) is 7.48. The SMILES string of the molecule is CN=C(NCCCOCC(C)C)NC(C)c1cccc(N2CCCC2)c1. The number of anilines is 1. The van der Waals surface area contributed by atoms with Crippen LogP contribution < -0.4 is 15.5 Å². The number of hydrogen-bond acceptors (Lipinski definition) is 3. The van der Waals surface area contributed by atoms with E-state index >= 15 is 0 Å². The van der Waals surface area contributed by atoms with Crippen molar-refractivity contribution in [2.24, 2.45) is 10.9 Å². The molecule has 2 N–H and O–H groups in total. The molecule has 5 heteroatoms. The van der Waals surface area contributed by atoms with Crippen LogP contribution in [0, 0.1) is 5.92 Å². The normalized spacial score (nSPS) is 16.2. The van der Waals surface area contributed by atoms with Crippen LogP contribution in [-0.2, 0) is 4.74 Å². The molecule has 26 heavy (non-hydrogen) atoms. The topological polar surface area (TPSA) is 48.9 Å². The minimum atomic E-state index is 0.209.